The highest BCUT2D eigenvalue weighted by atomic mass is 79.9. The number of hydrogen-bond acceptors (Lipinski definition) is 3. The molecule has 0 fully saturated rings. The summed E-state index contributed by atoms with van der Waals surface area (Å²) in [7, 11) is 0. The minimum atomic E-state index is -0.922. The second-order valence-electron chi connectivity index (χ2n) is 4.67. The standard InChI is InChI=1S/C17H19BrO3/c1-3-21-16(20)17(2,11-4-5-13-19)12-10-14-6-8-15(18)9-7-14/h4-9,19H,3,11,13H2,1-2H3/b5-4+. The van der Waals surface area contributed by atoms with Gasteiger partial charge >= 0.3 is 5.97 Å². The van der Waals surface area contributed by atoms with Crippen LogP contribution in [0.3, 0.4) is 0 Å². The van der Waals surface area contributed by atoms with E-state index in [0.717, 1.165) is 10.0 Å². The van der Waals surface area contributed by atoms with Crippen LogP contribution in [0.1, 0.15) is 25.8 Å². The van der Waals surface area contributed by atoms with Gasteiger partial charge in [0.05, 0.1) is 13.2 Å². The molecule has 0 aliphatic carbocycles. The van der Waals surface area contributed by atoms with Gasteiger partial charge < -0.3 is 9.84 Å². The van der Waals surface area contributed by atoms with E-state index in [0.29, 0.717) is 13.0 Å². The number of halogens is 1. The molecule has 112 valence electrons. The fourth-order valence-corrected chi connectivity index (χ4v) is 1.88. The van der Waals surface area contributed by atoms with Crippen molar-refractivity contribution in [1.29, 1.82) is 0 Å². The van der Waals surface area contributed by atoms with E-state index in [-0.39, 0.29) is 12.6 Å². The van der Waals surface area contributed by atoms with Gasteiger partial charge in [0, 0.05) is 10.0 Å². The average Bonchev–Trinajstić information content (AvgIpc) is 2.47. The first-order valence-electron chi connectivity index (χ1n) is 6.73. The summed E-state index contributed by atoms with van der Waals surface area (Å²) in [4.78, 5) is 12.1. The van der Waals surface area contributed by atoms with Crippen LogP contribution in [0.15, 0.2) is 40.9 Å². The number of carbonyl (C=O) groups is 1. The Kier molecular flexibility index (Phi) is 7.21. The first kappa shape index (κ1) is 17.5. The molecule has 0 saturated heterocycles. The van der Waals surface area contributed by atoms with Gasteiger partial charge in [0.2, 0.25) is 0 Å². The average molecular weight is 351 g/mol. The molecule has 1 aromatic rings. The molecule has 0 radical (unpaired) electrons. The quantitative estimate of drug-likeness (QED) is 0.503. The van der Waals surface area contributed by atoms with Crippen LogP contribution in [0.25, 0.3) is 0 Å². The Labute approximate surface area is 134 Å². The molecule has 3 nitrogen and oxygen atoms in total. The van der Waals surface area contributed by atoms with Gasteiger partial charge in [-0.2, -0.15) is 0 Å². The number of allylic oxidation sites excluding steroid dienone is 1. The zero-order valence-electron chi connectivity index (χ0n) is 12.2. The number of esters is 1. The number of benzene rings is 1. The van der Waals surface area contributed by atoms with Gasteiger partial charge in [0.25, 0.3) is 0 Å². The van der Waals surface area contributed by atoms with Crippen LogP contribution in [0.5, 0.6) is 0 Å². The highest BCUT2D eigenvalue weighted by Gasteiger charge is 2.31. The van der Waals surface area contributed by atoms with Crippen molar-refractivity contribution in [2.75, 3.05) is 13.2 Å². The number of aliphatic hydroxyl groups excluding tert-OH is 1. The van der Waals surface area contributed by atoms with Crippen LogP contribution in [0.4, 0.5) is 0 Å². The van der Waals surface area contributed by atoms with E-state index in [1.165, 1.54) is 0 Å². The second kappa shape index (κ2) is 8.66. The maximum atomic E-state index is 12.1. The van der Waals surface area contributed by atoms with Crippen molar-refractivity contribution in [1.82, 2.24) is 0 Å². The SMILES string of the molecule is CCOC(=O)C(C)(C#Cc1ccc(Br)cc1)C/C=C/CO. The van der Waals surface area contributed by atoms with Gasteiger partial charge in [-0.15, -0.1) is 0 Å². The zero-order valence-corrected chi connectivity index (χ0v) is 13.8. The van der Waals surface area contributed by atoms with Gasteiger partial charge in [-0.05, 0) is 44.5 Å². The van der Waals surface area contributed by atoms with Crippen molar-refractivity contribution in [3.8, 4) is 11.8 Å². The molecule has 21 heavy (non-hydrogen) atoms. The summed E-state index contributed by atoms with van der Waals surface area (Å²) in [5, 5.41) is 8.80. The largest absolute Gasteiger partial charge is 0.465 e. The van der Waals surface area contributed by atoms with Crippen molar-refractivity contribution in [3.63, 3.8) is 0 Å². The first-order valence-corrected chi connectivity index (χ1v) is 7.53. The van der Waals surface area contributed by atoms with Gasteiger partial charge in [0.1, 0.15) is 5.41 Å². The Morgan fingerprint density at radius 2 is 2.05 bits per heavy atom. The van der Waals surface area contributed by atoms with Crippen LogP contribution >= 0.6 is 15.9 Å². The maximum Gasteiger partial charge on any atom is 0.324 e. The van der Waals surface area contributed by atoms with Crippen molar-refractivity contribution < 1.29 is 14.6 Å². The number of carbonyl (C=O) groups excluding carboxylic acids is 1. The molecule has 0 amide bonds. The summed E-state index contributed by atoms with van der Waals surface area (Å²) in [6.45, 7) is 3.78. The fourth-order valence-electron chi connectivity index (χ4n) is 1.61. The molecule has 0 heterocycles. The maximum absolute atomic E-state index is 12.1. The lowest BCUT2D eigenvalue weighted by Crippen LogP contribution is -2.28. The zero-order chi connectivity index (χ0) is 15.7. The number of hydrogen-bond donors (Lipinski definition) is 1. The van der Waals surface area contributed by atoms with Crippen molar-refractivity contribution >= 4 is 21.9 Å². The smallest absolute Gasteiger partial charge is 0.324 e. The molecule has 1 atom stereocenters. The lowest BCUT2D eigenvalue weighted by Gasteiger charge is -2.19. The summed E-state index contributed by atoms with van der Waals surface area (Å²) >= 11 is 3.37. The molecule has 0 aliphatic rings. The van der Waals surface area contributed by atoms with E-state index in [2.05, 4.69) is 27.8 Å². The van der Waals surface area contributed by atoms with E-state index in [1.807, 2.05) is 24.3 Å². The number of rotatable bonds is 5. The third-order valence-corrected chi connectivity index (χ3v) is 3.38. The molecule has 0 bridgehead atoms. The Morgan fingerprint density at radius 1 is 1.38 bits per heavy atom. The molecule has 1 N–H and O–H groups in total. The van der Waals surface area contributed by atoms with Gasteiger partial charge in [-0.25, -0.2) is 0 Å². The van der Waals surface area contributed by atoms with E-state index in [1.54, 1.807) is 26.0 Å². The minimum Gasteiger partial charge on any atom is -0.465 e. The third-order valence-electron chi connectivity index (χ3n) is 2.85. The monoisotopic (exact) mass is 350 g/mol. The van der Waals surface area contributed by atoms with Crippen LogP contribution in [-0.2, 0) is 9.53 Å². The topological polar surface area (TPSA) is 46.5 Å². The second-order valence-corrected chi connectivity index (χ2v) is 5.58. The molecule has 0 spiro atoms. The van der Waals surface area contributed by atoms with Crippen LogP contribution in [0, 0.1) is 17.3 Å². The number of ether oxygens (including phenoxy) is 1. The highest BCUT2D eigenvalue weighted by molar-refractivity contribution is 9.10. The molecule has 1 aromatic carbocycles. The summed E-state index contributed by atoms with van der Waals surface area (Å²) in [6, 6.07) is 7.56. The summed E-state index contributed by atoms with van der Waals surface area (Å²) in [5.74, 6) is 5.66. The first-order chi connectivity index (χ1) is 10.0. The van der Waals surface area contributed by atoms with Crippen molar-refractivity contribution in [2.24, 2.45) is 5.41 Å². The normalized spacial score (nSPS) is 13.3. The minimum absolute atomic E-state index is 0.0565. The lowest BCUT2D eigenvalue weighted by atomic mass is 9.87. The van der Waals surface area contributed by atoms with E-state index in [4.69, 9.17) is 9.84 Å². The Hall–Kier alpha value is -1.57. The van der Waals surface area contributed by atoms with E-state index in [9.17, 15) is 4.79 Å². The molecular formula is C17H19BrO3. The fraction of sp³-hybridized carbons (Fsp3) is 0.353. The Morgan fingerprint density at radius 3 is 2.62 bits per heavy atom. The van der Waals surface area contributed by atoms with Gasteiger partial charge in [-0.1, -0.05) is 39.9 Å². The molecule has 1 unspecified atom stereocenters. The Balaban J connectivity index is 2.99. The van der Waals surface area contributed by atoms with Gasteiger partial charge in [-0.3, -0.25) is 4.79 Å². The molecule has 0 aliphatic heterocycles. The van der Waals surface area contributed by atoms with Crippen LogP contribution in [-0.4, -0.2) is 24.3 Å². The summed E-state index contributed by atoms with van der Waals surface area (Å²) < 4.78 is 6.08. The Bertz CT molecular complexity index is 552. The molecule has 1 rings (SSSR count). The van der Waals surface area contributed by atoms with Crippen LogP contribution < -0.4 is 0 Å². The predicted molar refractivity (Wildman–Crippen MR) is 86.6 cm³/mol. The van der Waals surface area contributed by atoms with E-state index < -0.39 is 5.41 Å². The molecule has 4 heteroatoms. The summed E-state index contributed by atoms with van der Waals surface area (Å²) in [6.07, 6.45) is 3.74. The van der Waals surface area contributed by atoms with Crippen LogP contribution in [0.2, 0.25) is 0 Å². The molecule has 0 aromatic heterocycles. The predicted octanol–water partition coefficient (Wildman–Crippen LogP) is 3.31. The summed E-state index contributed by atoms with van der Waals surface area (Å²) in [5.41, 5.74) is -0.0887. The number of aliphatic hydroxyl groups is 1. The molecular weight excluding hydrogens is 332 g/mol. The van der Waals surface area contributed by atoms with Crippen molar-refractivity contribution in [3.05, 3.63) is 46.5 Å². The third kappa shape index (κ3) is 5.74. The molecule has 0 saturated carbocycles. The highest BCUT2D eigenvalue weighted by Crippen LogP contribution is 2.23. The lowest BCUT2D eigenvalue weighted by molar-refractivity contribution is -0.150. The van der Waals surface area contributed by atoms with Crippen molar-refractivity contribution in [2.45, 2.75) is 20.3 Å². The van der Waals surface area contributed by atoms with E-state index >= 15 is 0 Å². The van der Waals surface area contributed by atoms with Gasteiger partial charge in [0.15, 0.2) is 0 Å².